The molecule has 1 saturated carbocycles. The van der Waals surface area contributed by atoms with Crippen molar-refractivity contribution in [3.63, 3.8) is 0 Å². The van der Waals surface area contributed by atoms with Gasteiger partial charge in [0.25, 0.3) is 0 Å². The van der Waals surface area contributed by atoms with Crippen molar-refractivity contribution in [1.82, 2.24) is 19.6 Å². The first kappa shape index (κ1) is 20.9. The molecule has 3 heterocycles. The number of nitrogens with one attached hydrogen (secondary N) is 1. The molecule has 0 bridgehead atoms. The zero-order valence-electron chi connectivity index (χ0n) is 17.0. The van der Waals surface area contributed by atoms with Crippen LogP contribution in [-0.2, 0) is 21.2 Å². The van der Waals surface area contributed by atoms with Gasteiger partial charge in [-0.05, 0) is 54.5 Å². The molecule has 2 fully saturated rings. The van der Waals surface area contributed by atoms with Gasteiger partial charge in [-0.3, -0.25) is 14.8 Å². The molecular weight excluding hydrogens is 400 g/mol. The first-order chi connectivity index (χ1) is 14.5. The highest BCUT2D eigenvalue weighted by Gasteiger charge is 2.53. The third-order valence-electron chi connectivity index (χ3n) is 6.52. The third kappa shape index (κ3) is 4.25. The van der Waals surface area contributed by atoms with Gasteiger partial charge in [0, 0.05) is 44.4 Å². The molecule has 2 aliphatic rings. The standard InChI is InChI=1S/C22H28N4O3S/c27-21(25-14-8-18-6-12-23-13-7-18)20-16-26(17-22(20)9-2-1-3-10-22)30(28,29)19-5-4-11-24-15-19/h4-7,11-13,15,20H,1-3,8-10,14,16-17H2,(H,25,27). The quantitative estimate of drug-likeness (QED) is 0.763. The summed E-state index contributed by atoms with van der Waals surface area (Å²) in [5.41, 5.74) is 0.846. The van der Waals surface area contributed by atoms with E-state index in [0.29, 0.717) is 13.1 Å². The molecule has 1 aliphatic carbocycles. The van der Waals surface area contributed by atoms with Gasteiger partial charge < -0.3 is 5.32 Å². The Hall–Kier alpha value is -2.32. The zero-order chi connectivity index (χ0) is 21.0. The van der Waals surface area contributed by atoms with E-state index in [-0.39, 0.29) is 28.7 Å². The summed E-state index contributed by atoms with van der Waals surface area (Å²) < 4.78 is 27.9. The van der Waals surface area contributed by atoms with Crippen LogP contribution in [0.5, 0.6) is 0 Å². The van der Waals surface area contributed by atoms with Crippen LogP contribution >= 0.6 is 0 Å². The van der Waals surface area contributed by atoms with Crippen LogP contribution in [0.4, 0.5) is 0 Å². The molecule has 0 radical (unpaired) electrons. The summed E-state index contributed by atoms with van der Waals surface area (Å²) in [4.78, 5) is 21.3. The van der Waals surface area contributed by atoms with E-state index in [1.807, 2.05) is 12.1 Å². The molecule has 160 valence electrons. The van der Waals surface area contributed by atoms with E-state index in [2.05, 4.69) is 15.3 Å². The number of carbonyl (C=O) groups excluding carboxylic acids is 1. The number of pyridine rings is 2. The van der Waals surface area contributed by atoms with Gasteiger partial charge in [0.15, 0.2) is 0 Å². The van der Waals surface area contributed by atoms with E-state index < -0.39 is 10.0 Å². The number of amides is 1. The largest absolute Gasteiger partial charge is 0.355 e. The Morgan fingerprint density at radius 3 is 2.57 bits per heavy atom. The molecule has 1 atom stereocenters. The van der Waals surface area contributed by atoms with Crippen LogP contribution in [0.1, 0.15) is 37.7 Å². The summed E-state index contributed by atoms with van der Waals surface area (Å²) >= 11 is 0. The van der Waals surface area contributed by atoms with Crippen molar-refractivity contribution in [2.45, 2.75) is 43.4 Å². The van der Waals surface area contributed by atoms with E-state index in [9.17, 15) is 13.2 Å². The molecule has 2 aromatic rings. The SMILES string of the molecule is O=C(NCCc1ccncc1)C1CN(S(=O)(=O)c2cccnc2)CC12CCCCC2. The van der Waals surface area contributed by atoms with Crippen LogP contribution in [0.3, 0.4) is 0 Å². The predicted molar refractivity (Wildman–Crippen MR) is 113 cm³/mol. The molecule has 1 saturated heterocycles. The van der Waals surface area contributed by atoms with Gasteiger partial charge in [-0.25, -0.2) is 8.42 Å². The normalized spacial score (nSPS) is 21.5. The summed E-state index contributed by atoms with van der Waals surface area (Å²) in [7, 11) is -3.66. The van der Waals surface area contributed by atoms with E-state index in [0.717, 1.165) is 44.1 Å². The maximum Gasteiger partial charge on any atom is 0.244 e. The summed E-state index contributed by atoms with van der Waals surface area (Å²) in [6, 6.07) is 7.07. The Morgan fingerprint density at radius 2 is 1.87 bits per heavy atom. The smallest absolute Gasteiger partial charge is 0.244 e. The molecule has 1 amide bonds. The van der Waals surface area contributed by atoms with Crippen LogP contribution in [0, 0.1) is 11.3 Å². The molecule has 1 aliphatic heterocycles. The minimum Gasteiger partial charge on any atom is -0.355 e. The second-order valence-corrected chi connectivity index (χ2v) is 10.3. The lowest BCUT2D eigenvalue weighted by atomic mass is 9.67. The van der Waals surface area contributed by atoms with Gasteiger partial charge in [0.1, 0.15) is 4.90 Å². The van der Waals surface area contributed by atoms with Crippen molar-refractivity contribution in [2.75, 3.05) is 19.6 Å². The van der Waals surface area contributed by atoms with E-state index in [1.54, 1.807) is 30.7 Å². The van der Waals surface area contributed by atoms with Crippen molar-refractivity contribution in [1.29, 1.82) is 0 Å². The van der Waals surface area contributed by atoms with Gasteiger partial charge in [-0.1, -0.05) is 19.3 Å². The summed E-state index contributed by atoms with van der Waals surface area (Å²) in [6.07, 6.45) is 12.2. The highest BCUT2D eigenvalue weighted by atomic mass is 32.2. The fraction of sp³-hybridized carbons (Fsp3) is 0.500. The summed E-state index contributed by atoms with van der Waals surface area (Å²) in [5.74, 6) is -0.350. The number of hydrogen-bond donors (Lipinski definition) is 1. The highest BCUT2D eigenvalue weighted by Crippen LogP contribution is 2.48. The van der Waals surface area contributed by atoms with Crippen molar-refractivity contribution >= 4 is 15.9 Å². The van der Waals surface area contributed by atoms with Crippen molar-refractivity contribution in [3.8, 4) is 0 Å². The fourth-order valence-corrected chi connectivity index (χ4v) is 6.40. The molecular formula is C22H28N4O3S. The Balaban J connectivity index is 1.49. The van der Waals surface area contributed by atoms with Crippen LogP contribution in [-0.4, -0.2) is 48.2 Å². The number of sulfonamides is 1. The Labute approximate surface area is 178 Å². The van der Waals surface area contributed by atoms with E-state index in [1.165, 1.54) is 10.5 Å². The van der Waals surface area contributed by atoms with Crippen LogP contribution in [0.25, 0.3) is 0 Å². The van der Waals surface area contributed by atoms with Gasteiger partial charge in [-0.2, -0.15) is 4.31 Å². The second kappa shape index (κ2) is 8.81. The lowest BCUT2D eigenvalue weighted by molar-refractivity contribution is -0.128. The molecule has 0 aromatic carbocycles. The molecule has 7 nitrogen and oxygen atoms in total. The molecule has 1 unspecified atom stereocenters. The Morgan fingerprint density at radius 1 is 1.10 bits per heavy atom. The van der Waals surface area contributed by atoms with Gasteiger partial charge in [-0.15, -0.1) is 0 Å². The monoisotopic (exact) mass is 428 g/mol. The maximum absolute atomic E-state index is 13.2. The number of rotatable bonds is 6. The summed E-state index contributed by atoms with van der Waals surface area (Å²) in [5, 5.41) is 3.06. The number of hydrogen-bond acceptors (Lipinski definition) is 5. The molecule has 4 rings (SSSR count). The maximum atomic E-state index is 13.2. The van der Waals surface area contributed by atoms with Crippen molar-refractivity contribution in [2.24, 2.45) is 11.3 Å². The average molecular weight is 429 g/mol. The topological polar surface area (TPSA) is 92.3 Å². The lowest BCUT2D eigenvalue weighted by Gasteiger charge is -2.37. The first-order valence-electron chi connectivity index (χ1n) is 10.6. The highest BCUT2D eigenvalue weighted by molar-refractivity contribution is 7.89. The number of aromatic nitrogens is 2. The average Bonchev–Trinajstić information content (AvgIpc) is 3.15. The third-order valence-corrected chi connectivity index (χ3v) is 8.31. The molecule has 30 heavy (non-hydrogen) atoms. The fourth-order valence-electron chi connectivity index (χ4n) is 4.88. The van der Waals surface area contributed by atoms with Crippen molar-refractivity contribution in [3.05, 3.63) is 54.6 Å². The molecule has 2 aromatic heterocycles. The minimum absolute atomic E-state index is 0.0326. The summed E-state index contributed by atoms with van der Waals surface area (Å²) in [6.45, 7) is 1.18. The Bertz CT molecular complexity index is 960. The van der Waals surface area contributed by atoms with Crippen molar-refractivity contribution < 1.29 is 13.2 Å². The van der Waals surface area contributed by atoms with E-state index >= 15 is 0 Å². The second-order valence-electron chi connectivity index (χ2n) is 8.36. The van der Waals surface area contributed by atoms with Gasteiger partial charge in [0.05, 0.1) is 5.92 Å². The predicted octanol–water partition coefficient (Wildman–Crippen LogP) is 2.41. The number of nitrogens with zero attached hydrogens (tertiary/aromatic N) is 3. The minimum atomic E-state index is -3.66. The van der Waals surface area contributed by atoms with Crippen LogP contribution < -0.4 is 5.32 Å². The van der Waals surface area contributed by atoms with Gasteiger partial charge >= 0.3 is 0 Å². The van der Waals surface area contributed by atoms with Crippen LogP contribution in [0.2, 0.25) is 0 Å². The first-order valence-corrected chi connectivity index (χ1v) is 12.0. The Kier molecular flexibility index (Phi) is 6.15. The molecule has 1 N–H and O–H groups in total. The number of carbonyl (C=O) groups is 1. The molecule has 8 heteroatoms. The molecule has 1 spiro atoms. The van der Waals surface area contributed by atoms with Gasteiger partial charge in [0.2, 0.25) is 15.9 Å². The zero-order valence-corrected chi connectivity index (χ0v) is 17.9. The lowest BCUT2D eigenvalue weighted by Crippen LogP contribution is -2.43. The van der Waals surface area contributed by atoms with Crippen LogP contribution in [0.15, 0.2) is 53.9 Å². The van der Waals surface area contributed by atoms with E-state index in [4.69, 9.17) is 0 Å².